The van der Waals surface area contributed by atoms with Crippen molar-refractivity contribution in [3.05, 3.63) is 47.3 Å². The highest BCUT2D eigenvalue weighted by atomic mass is 16.5. The van der Waals surface area contributed by atoms with E-state index >= 15 is 0 Å². The number of fused-ring (bicyclic) bond motifs is 1. The molecule has 1 aliphatic heterocycles. The third-order valence-electron chi connectivity index (χ3n) is 5.76. The fraction of sp³-hybridized carbons (Fsp3) is 0.391. The first kappa shape index (κ1) is 19.4. The maximum absolute atomic E-state index is 9.91. The van der Waals surface area contributed by atoms with Gasteiger partial charge in [-0.3, -0.25) is 0 Å². The summed E-state index contributed by atoms with van der Waals surface area (Å²) in [6.07, 6.45) is 1.08. The van der Waals surface area contributed by atoms with Crippen molar-refractivity contribution < 1.29 is 9.15 Å². The molecule has 1 aliphatic rings. The van der Waals surface area contributed by atoms with E-state index in [2.05, 4.69) is 47.1 Å². The number of nitriles is 1. The summed E-state index contributed by atoms with van der Waals surface area (Å²) in [5.74, 6) is 0.494. The predicted octanol–water partition coefficient (Wildman–Crippen LogP) is 3.96. The van der Waals surface area contributed by atoms with E-state index in [4.69, 9.17) is 9.15 Å². The fourth-order valence-electron chi connectivity index (χ4n) is 4.24. The van der Waals surface area contributed by atoms with Gasteiger partial charge in [0.2, 0.25) is 5.89 Å². The molecule has 29 heavy (non-hydrogen) atoms. The number of oxazole rings is 1. The second-order valence-corrected chi connectivity index (χ2v) is 7.77. The monoisotopic (exact) mass is 390 g/mol. The Kier molecular flexibility index (Phi) is 5.27. The molecule has 3 aromatic rings. The molecule has 0 radical (unpaired) electrons. The van der Waals surface area contributed by atoms with Gasteiger partial charge in [0.05, 0.1) is 11.3 Å². The van der Waals surface area contributed by atoms with Crippen LogP contribution in [0.4, 0.5) is 5.69 Å². The van der Waals surface area contributed by atoms with Gasteiger partial charge in [0.1, 0.15) is 18.2 Å². The molecule has 0 unspecified atom stereocenters. The molecule has 6 heteroatoms. The lowest BCUT2D eigenvalue weighted by Gasteiger charge is -2.25. The Morgan fingerprint density at radius 2 is 2.07 bits per heavy atom. The Labute approximate surface area is 171 Å². The number of likely N-dealkylation sites (N-methyl/N-ethyl adjacent to an activating group) is 1. The van der Waals surface area contributed by atoms with Crippen LogP contribution in [0.5, 0.6) is 0 Å². The van der Waals surface area contributed by atoms with Crippen LogP contribution in [0.1, 0.15) is 23.4 Å². The first-order valence-corrected chi connectivity index (χ1v) is 9.87. The summed E-state index contributed by atoms with van der Waals surface area (Å²) in [6.45, 7) is 4.13. The molecule has 1 fully saturated rings. The van der Waals surface area contributed by atoms with E-state index in [0.717, 1.165) is 41.9 Å². The summed E-state index contributed by atoms with van der Waals surface area (Å²) in [5.41, 5.74) is 5.97. The molecule has 0 aliphatic carbocycles. The van der Waals surface area contributed by atoms with Crippen molar-refractivity contribution in [1.82, 2.24) is 9.88 Å². The maximum Gasteiger partial charge on any atom is 0.221 e. The molecule has 1 aromatic heterocycles. The highest BCUT2D eigenvalue weighted by molar-refractivity contribution is 6.02. The number of hydrogen-bond donors (Lipinski definition) is 0. The molecule has 0 N–H and O–H groups in total. The Morgan fingerprint density at radius 3 is 2.69 bits per heavy atom. The maximum atomic E-state index is 9.91. The minimum absolute atomic E-state index is 0.277. The summed E-state index contributed by atoms with van der Waals surface area (Å²) >= 11 is 0. The van der Waals surface area contributed by atoms with E-state index in [9.17, 15) is 5.26 Å². The third-order valence-corrected chi connectivity index (χ3v) is 5.76. The normalized spacial score (nSPS) is 16.7. The van der Waals surface area contributed by atoms with E-state index < -0.39 is 0 Å². The van der Waals surface area contributed by atoms with Crippen molar-refractivity contribution in [2.45, 2.75) is 26.0 Å². The lowest BCUT2D eigenvalue weighted by Crippen LogP contribution is -2.31. The van der Waals surface area contributed by atoms with Crippen LogP contribution in [-0.4, -0.2) is 50.2 Å². The zero-order valence-electron chi connectivity index (χ0n) is 17.4. The van der Waals surface area contributed by atoms with Gasteiger partial charge in [0.15, 0.2) is 5.58 Å². The van der Waals surface area contributed by atoms with E-state index in [1.54, 1.807) is 7.11 Å². The van der Waals surface area contributed by atoms with Gasteiger partial charge in [-0.25, -0.2) is 4.98 Å². The van der Waals surface area contributed by atoms with Gasteiger partial charge in [0, 0.05) is 31.8 Å². The smallest absolute Gasteiger partial charge is 0.221 e. The highest BCUT2D eigenvalue weighted by Crippen LogP contribution is 2.44. The summed E-state index contributed by atoms with van der Waals surface area (Å²) in [4.78, 5) is 9.25. The molecule has 4 rings (SSSR count). The second kappa shape index (κ2) is 7.86. The summed E-state index contributed by atoms with van der Waals surface area (Å²) in [6, 6.07) is 13.1. The van der Waals surface area contributed by atoms with Crippen molar-refractivity contribution in [3.8, 4) is 17.2 Å². The van der Waals surface area contributed by atoms with Crippen molar-refractivity contribution >= 4 is 16.8 Å². The van der Waals surface area contributed by atoms with Crippen molar-refractivity contribution in [1.29, 1.82) is 5.26 Å². The van der Waals surface area contributed by atoms with Gasteiger partial charge in [0.25, 0.3) is 0 Å². The van der Waals surface area contributed by atoms with Gasteiger partial charge >= 0.3 is 0 Å². The van der Waals surface area contributed by atoms with Crippen LogP contribution in [0.3, 0.4) is 0 Å². The molecule has 0 amide bonds. The standard InChI is InChI=1S/C23H26N4O2/c1-15-18(12-24)21-23(29-19(25-21)14-28-4)22(20(15)16-8-6-5-7-9-16)27-11-10-17(13-27)26(2)3/h5-9,17H,10-11,13-14H2,1-4H3/t17-/m0/s1. The van der Waals surface area contributed by atoms with Crippen molar-refractivity contribution in [2.24, 2.45) is 0 Å². The molecule has 0 saturated carbocycles. The van der Waals surface area contributed by atoms with Gasteiger partial charge < -0.3 is 19.0 Å². The van der Waals surface area contributed by atoms with Gasteiger partial charge in [-0.1, -0.05) is 30.3 Å². The first-order valence-electron chi connectivity index (χ1n) is 9.87. The molecule has 1 atom stereocenters. The van der Waals surface area contributed by atoms with Crippen LogP contribution >= 0.6 is 0 Å². The highest BCUT2D eigenvalue weighted by Gasteiger charge is 2.31. The molecule has 2 aromatic carbocycles. The average molecular weight is 390 g/mol. The summed E-state index contributed by atoms with van der Waals surface area (Å²) in [7, 11) is 5.86. The van der Waals surface area contributed by atoms with E-state index in [1.165, 1.54) is 0 Å². The Balaban J connectivity index is 2.01. The topological polar surface area (TPSA) is 65.5 Å². The number of aromatic nitrogens is 1. The minimum atomic E-state index is 0.277. The lowest BCUT2D eigenvalue weighted by molar-refractivity contribution is 0.161. The zero-order chi connectivity index (χ0) is 20.5. The quantitative estimate of drug-likeness (QED) is 0.657. The zero-order valence-corrected chi connectivity index (χ0v) is 17.4. The summed E-state index contributed by atoms with van der Waals surface area (Å²) < 4.78 is 11.4. The number of anilines is 1. The number of methoxy groups -OCH3 is 1. The SMILES string of the molecule is COCc1nc2c(C#N)c(C)c(-c3ccccc3)c(N3CC[C@H](N(C)C)C3)c2o1. The molecular weight excluding hydrogens is 364 g/mol. The second-order valence-electron chi connectivity index (χ2n) is 7.77. The molecule has 1 saturated heterocycles. The summed E-state index contributed by atoms with van der Waals surface area (Å²) in [5, 5.41) is 9.91. The van der Waals surface area contributed by atoms with Crippen LogP contribution < -0.4 is 4.90 Å². The molecular formula is C23H26N4O2. The first-order chi connectivity index (χ1) is 14.0. The number of nitrogens with zero attached hydrogens (tertiary/aromatic N) is 4. The molecule has 2 heterocycles. The molecule has 0 spiro atoms. The van der Waals surface area contributed by atoms with Crippen molar-refractivity contribution in [2.75, 3.05) is 39.2 Å². The van der Waals surface area contributed by atoms with Crippen LogP contribution in [-0.2, 0) is 11.3 Å². The van der Waals surface area contributed by atoms with Gasteiger partial charge in [-0.15, -0.1) is 0 Å². The van der Waals surface area contributed by atoms with E-state index in [0.29, 0.717) is 28.6 Å². The van der Waals surface area contributed by atoms with Crippen LogP contribution in [0.25, 0.3) is 22.2 Å². The minimum Gasteiger partial charge on any atom is -0.436 e. The van der Waals surface area contributed by atoms with Crippen LogP contribution in [0.2, 0.25) is 0 Å². The number of hydrogen-bond acceptors (Lipinski definition) is 6. The van der Waals surface area contributed by atoms with Gasteiger partial charge in [-0.05, 0) is 38.6 Å². The largest absolute Gasteiger partial charge is 0.436 e. The van der Waals surface area contributed by atoms with Crippen molar-refractivity contribution in [3.63, 3.8) is 0 Å². The Bertz CT molecular complexity index is 1070. The Hall–Kier alpha value is -2.88. The van der Waals surface area contributed by atoms with E-state index in [1.807, 2.05) is 25.1 Å². The molecule has 150 valence electrons. The van der Waals surface area contributed by atoms with Gasteiger partial charge in [-0.2, -0.15) is 5.26 Å². The van der Waals surface area contributed by atoms with Crippen LogP contribution in [0.15, 0.2) is 34.7 Å². The average Bonchev–Trinajstić information content (AvgIpc) is 3.35. The fourth-order valence-corrected chi connectivity index (χ4v) is 4.24. The lowest BCUT2D eigenvalue weighted by atomic mass is 9.93. The van der Waals surface area contributed by atoms with Crippen LogP contribution in [0, 0.1) is 18.3 Å². The van der Waals surface area contributed by atoms with E-state index in [-0.39, 0.29) is 6.61 Å². The predicted molar refractivity (Wildman–Crippen MR) is 114 cm³/mol. The number of benzene rings is 2. The molecule has 6 nitrogen and oxygen atoms in total. The third kappa shape index (κ3) is 3.37. The number of rotatable bonds is 5. The Morgan fingerprint density at radius 1 is 1.31 bits per heavy atom. The molecule has 0 bridgehead atoms. The number of ether oxygens (including phenoxy) is 1.